The Morgan fingerprint density at radius 3 is 2.39 bits per heavy atom. The van der Waals surface area contributed by atoms with Gasteiger partial charge in [-0.15, -0.1) is 0 Å². The van der Waals surface area contributed by atoms with E-state index in [4.69, 9.17) is 21.1 Å². The van der Waals surface area contributed by atoms with Gasteiger partial charge in [0.2, 0.25) is 10.9 Å². The highest BCUT2D eigenvalue weighted by Gasteiger charge is 2.19. The van der Waals surface area contributed by atoms with Crippen LogP contribution in [0.3, 0.4) is 0 Å². The first-order chi connectivity index (χ1) is 15.7. The highest BCUT2D eigenvalue weighted by atomic mass is 35.5. The molecule has 33 heavy (non-hydrogen) atoms. The van der Waals surface area contributed by atoms with Crippen molar-refractivity contribution in [1.82, 2.24) is 9.29 Å². The van der Waals surface area contributed by atoms with Crippen LogP contribution in [0, 0.1) is 11.6 Å². The Morgan fingerprint density at radius 2 is 1.76 bits per heavy atom. The van der Waals surface area contributed by atoms with Crippen molar-refractivity contribution in [2.45, 2.75) is 13.3 Å². The second-order valence-electron chi connectivity index (χ2n) is 6.98. The zero-order valence-electron chi connectivity index (χ0n) is 17.7. The van der Waals surface area contributed by atoms with Gasteiger partial charge >= 0.3 is 0 Å². The van der Waals surface area contributed by atoms with Crippen LogP contribution in [-0.2, 0) is 24.4 Å². The lowest BCUT2D eigenvalue weighted by molar-refractivity contribution is 0.340. The molecular formula is C22H21ClF2N2O5S. The van der Waals surface area contributed by atoms with Crippen molar-refractivity contribution >= 4 is 22.5 Å². The van der Waals surface area contributed by atoms with E-state index in [1.165, 1.54) is 22.9 Å². The molecule has 176 valence electrons. The quantitative estimate of drug-likeness (QED) is 0.438. The molecule has 0 aliphatic heterocycles. The van der Waals surface area contributed by atoms with Crippen LogP contribution < -0.4 is 19.8 Å². The van der Waals surface area contributed by atoms with Gasteiger partial charge < -0.3 is 14.0 Å². The average Bonchev–Trinajstić information content (AvgIpc) is 2.73. The van der Waals surface area contributed by atoms with Crippen LogP contribution in [0.2, 0.25) is 5.02 Å². The van der Waals surface area contributed by atoms with Crippen molar-refractivity contribution in [3.63, 3.8) is 0 Å². The number of hydrogen-bond donors (Lipinski definition) is 2. The predicted molar refractivity (Wildman–Crippen MR) is 122 cm³/mol. The molecule has 0 aliphatic carbocycles. The average molecular weight is 499 g/mol. The lowest BCUT2D eigenvalue weighted by Gasteiger charge is -2.17. The Balaban J connectivity index is 2.15. The molecule has 0 aliphatic rings. The summed E-state index contributed by atoms with van der Waals surface area (Å²) in [6.45, 7) is 2.19. The van der Waals surface area contributed by atoms with Gasteiger partial charge in [-0.2, -0.15) is 0 Å². The summed E-state index contributed by atoms with van der Waals surface area (Å²) in [6.07, 6.45) is 1.87. The number of benzene rings is 2. The third-order valence-corrected chi connectivity index (χ3v) is 5.35. The summed E-state index contributed by atoms with van der Waals surface area (Å²) in [6, 6.07) is 8.01. The maximum atomic E-state index is 14.4. The van der Waals surface area contributed by atoms with Gasteiger partial charge in [0, 0.05) is 42.0 Å². The molecule has 2 aromatic carbocycles. The fraction of sp³-hybridized carbons (Fsp3) is 0.227. The molecule has 1 aromatic heterocycles. The van der Waals surface area contributed by atoms with Crippen LogP contribution in [0.5, 0.6) is 17.2 Å². The molecule has 0 spiro atoms. The van der Waals surface area contributed by atoms with Crippen LogP contribution >= 0.6 is 11.6 Å². The van der Waals surface area contributed by atoms with Crippen LogP contribution in [0.4, 0.5) is 8.78 Å². The summed E-state index contributed by atoms with van der Waals surface area (Å²) in [4.78, 5) is 12.1. The maximum absolute atomic E-state index is 14.4. The molecule has 11 heteroatoms. The third-order valence-electron chi connectivity index (χ3n) is 4.65. The monoisotopic (exact) mass is 498 g/mol. The minimum absolute atomic E-state index is 0.0985. The minimum atomic E-state index is -2.74. The molecule has 0 bridgehead atoms. The topological polar surface area (TPSA) is 86.6 Å². The Kier molecular flexibility index (Phi) is 8.06. The molecular weight excluding hydrogens is 478 g/mol. The second-order valence-corrected chi connectivity index (χ2v) is 8.25. The number of thiol groups is 1. The lowest BCUT2D eigenvalue weighted by atomic mass is 10.0. The molecule has 0 unspecified atom stereocenters. The smallest absolute Gasteiger partial charge is 0.254 e. The molecule has 0 saturated heterocycles. The van der Waals surface area contributed by atoms with Crippen molar-refractivity contribution in [3.05, 3.63) is 75.2 Å². The number of aryl methyl sites for hydroxylation is 1. The number of nitrogens with zero attached hydrogens (tertiary/aromatic N) is 1. The largest absolute Gasteiger partial charge is 0.493 e. The highest BCUT2D eigenvalue weighted by Crippen LogP contribution is 2.40. The standard InChI is InChI=1S/C22H21ClF2N2O5S/c1-3-31-20-11-21(28)27(2)12-16(20)15-8-13(6-7-26-33(29)30)4-5-19(15)32-22-17(24)9-14(23)10-18(22)25/h4-5,8-12,33H,3,6-7H2,1-2H3,(H,26,29,30). The Hall–Kier alpha value is -2.95. The molecule has 0 saturated carbocycles. The zero-order valence-corrected chi connectivity index (χ0v) is 19.4. The molecule has 0 fully saturated rings. The second kappa shape index (κ2) is 10.8. The van der Waals surface area contributed by atoms with E-state index < -0.39 is 28.3 Å². The summed E-state index contributed by atoms with van der Waals surface area (Å²) in [5, 5.41) is -0.117. The molecule has 3 rings (SSSR count). The summed E-state index contributed by atoms with van der Waals surface area (Å²) >= 11 is 5.70. The first-order valence-electron chi connectivity index (χ1n) is 9.86. The van der Waals surface area contributed by atoms with E-state index in [0.29, 0.717) is 17.5 Å². The Bertz CT molecular complexity index is 1280. The van der Waals surface area contributed by atoms with Gasteiger partial charge in [-0.1, -0.05) is 17.7 Å². The number of pyridine rings is 1. The fourth-order valence-electron chi connectivity index (χ4n) is 3.15. The molecule has 0 atom stereocenters. The third kappa shape index (κ3) is 6.10. The Morgan fingerprint density at radius 1 is 1.06 bits per heavy atom. The molecule has 1 N–H and O–H groups in total. The molecule has 7 nitrogen and oxygen atoms in total. The number of hydrogen-bond acceptors (Lipinski definition) is 5. The van der Waals surface area contributed by atoms with Gasteiger partial charge in [-0.05, 0) is 43.2 Å². The summed E-state index contributed by atoms with van der Waals surface area (Å²) in [5.41, 5.74) is 1.26. The van der Waals surface area contributed by atoms with Gasteiger partial charge in [-0.25, -0.2) is 21.9 Å². The van der Waals surface area contributed by atoms with E-state index in [-0.39, 0.29) is 35.2 Å². The molecule has 0 radical (unpaired) electrons. The van der Waals surface area contributed by atoms with Crippen molar-refractivity contribution in [2.75, 3.05) is 13.2 Å². The van der Waals surface area contributed by atoms with E-state index in [1.807, 2.05) is 0 Å². The van der Waals surface area contributed by atoms with Crippen LogP contribution in [0.1, 0.15) is 12.5 Å². The first kappa shape index (κ1) is 24.7. The SMILES string of the molecule is CCOc1cc(=O)n(C)cc1-c1cc(CCN[SH](=O)=O)ccc1Oc1c(F)cc(Cl)cc1F. The Labute approximate surface area is 195 Å². The summed E-state index contributed by atoms with van der Waals surface area (Å²) in [5.74, 6) is -2.24. The lowest BCUT2D eigenvalue weighted by Crippen LogP contribution is -2.16. The number of aromatic nitrogens is 1. The molecule has 0 amide bonds. The van der Waals surface area contributed by atoms with E-state index >= 15 is 0 Å². The van der Waals surface area contributed by atoms with Gasteiger partial charge in [0.15, 0.2) is 17.4 Å². The molecule has 1 heterocycles. The summed E-state index contributed by atoms with van der Waals surface area (Å²) < 4.78 is 65.2. The van der Waals surface area contributed by atoms with Crippen molar-refractivity contribution in [3.8, 4) is 28.4 Å². The number of nitrogens with one attached hydrogen (secondary N) is 1. The normalized spacial score (nSPS) is 11.1. The van der Waals surface area contributed by atoms with Crippen molar-refractivity contribution < 1.29 is 26.7 Å². The van der Waals surface area contributed by atoms with Crippen molar-refractivity contribution in [2.24, 2.45) is 7.05 Å². The zero-order chi connectivity index (χ0) is 24.1. The van der Waals surface area contributed by atoms with Gasteiger partial charge in [0.05, 0.1) is 6.61 Å². The highest BCUT2D eigenvalue weighted by molar-refractivity contribution is 7.70. The first-order valence-corrected chi connectivity index (χ1v) is 11.4. The van der Waals surface area contributed by atoms with Crippen molar-refractivity contribution in [1.29, 1.82) is 0 Å². The number of ether oxygens (including phenoxy) is 2. The minimum Gasteiger partial charge on any atom is -0.493 e. The van der Waals surface area contributed by atoms with Gasteiger partial charge in [0.25, 0.3) is 5.56 Å². The van der Waals surface area contributed by atoms with E-state index in [2.05, 4.69) is 4.72 Å². The van der Waals surface area contributed by atoms with Crippen LogP contribution in [-0.4, -0.2) is 26.1 Å². The summed E-state index contributed by atoms with van der Waals surface area (Å²) in [7, 11) is -1.19. The van der Waals surface area contributed by atoms with E-state index in [0.717, 1.165) is 17.7 Å². The molecule has 3 aromatic rings. The van der Waals surface area contributed by atoms with Crippen LogP contribution in [0.25, 0.3) is 11.1 Å². The number of rotatable bonds is 9. The van der Waals surface area contributed by atoms with E-state index in [9.17, 15) is 22.0 Å². The van der Waals surface area contributed by atoms with E-state index in [1.54, 1.807) is 26.1 Å². The predicted octanol–water partition coefficient (Wildman–Crippen LogP) is 3.83. The maximum Gasteiger partial charge on any atom is 0.254 e. The number of halogens is 3. The van der Waals surface area contributed by atoms with Gasteiger partial charge in [-0.3, -0.25) is 4.79 Å². The fourth-order valence-corrected chi connectivity index (χ4v) is 3.64. The van der Waals surface area contributed by atoms with Crippen LogP contribution in [0.15, 0.2) is 47.4 Å². The van der Waals surface area contributed by atoms with Gasteiger partial charge in [0.1, 0.15) is 11.5 Å².